The van der Waals surface area contributed by atoms with Crippen LogP contribution in [0.2, 0.25) is 0 Å². The zero-order valence-corrected chi connectivity index (χ0v) is 11.5. The Balaban J connectivity index is 1.67. The fraction of sp³-hybridized carbons (Fsp3) is 0.615. The molecule has 0 unspecified atom stereocenters. The van der Waals surface area contributed by atoms with Crippen LogP contribution < -0.4 is 5.32 Å². The fourth-order valence-corrected chi connectivity index (χ4v) is 2.98. The van der Waals surface area contributed by atoms with Crippen LogP contribution in [0.3, 0.4) is 0 Å². The number of aliphatic carboxylic acids is 1. The second-order valence-electron chi connectivity index (χ2n) is 4.93. The molecule has 0 aliphatic heterocycles. The van der Waals surface area contributed by atoms with Crippen molar-refractivity contribution in [2.75, 3.05) is 0 Å². The predicted octanol–water partition coefficient (Wildman–Crippen LogP) is 1.84. The van der Waals surface area contributed by atoms with E-state index >= 15 is 0 Å². The Morgan fingerprint density at radius 1 is 1.37 bits per heavy atom. The summed E-state index contributed by atoms with van der Waals surface area (Å²) in [5.41, 5.74) is 2.72. The molecule has 1 aromatic heterocycles. The number of carbonyl (C=O) groups is 2. The molecule has 5 nitrogen and oxygen atoms in total. The van der Waals surface area contributed by atoms with Crippen LogP contribution in [0.25, 0.3) is 0 Å². The lowest BCUT2D eigenvalue weighted by Gasteiger charge is -2.26. The SMILES string of the molecule is O=C(CCc1cscn1)NC1CCC(C(=O)O)CC1. The van der Waals surface area contributed by atoms with Gasteiger partial charge in [0.2, 0.25) is 5.91 Å². The molecule has 1 aliphatic rings. The number of amides is 1. The summed E-state index contributed by atoms with van der Waals surface area (Å²) in [6.07, 6.45) is 3.96. The highest BCUT2D eigenvalue weighted by atomic mass is 32.1. The largest absolute Gasteiger partial charge is 0.481 e. The van der Waals surface area contributed by atoms with Gasteiger partial charge in [0, 0.05) is 17.8 Å². The maximum Gasteiger partial charge on any atom is 0.306 e. The van der Waals surface area contributed by atoms with Crippen LogP contribution >= 0.6 is 11.3 Å². The first-order chi connectivity index (χ1) is 9.15. The summed E-state index contributed by atoms with van der Waals surface area (Å²) in [5.74, 6) is -0.914. The third-order valence-corrected chi connectivity index (χ3v) is 4.17. The topological polar surface area (TPSA) is 79.3 Å². The van der Waals surface area contributed by atoms with E-state index in [0.717, 1.165) is 18.5 Å². The Morgan fingerprint density at radius 2 is 2.11 bits per heavy atom. The van der Waals surface area contributed by atoms with Crippen LogP contribution in [-0.2, 0) is 16.0 Å². The van der Waals surface area contributed by atoms with Crippen molar-refractivity contribution in [2.45, 2.75) is 44.6 Å². The van der Waals surface area contributed by atoms with Crippen LogP contribution in [0.4, 0.5) is 0 Å². The van der Waals surface area contributed by atoms with Gasteiger partial charge in [0.1, 0.15) is 0 Å². The minimum absolute atomic E-state index is 0.0341. The molecule has 1 fully saturated rings. The Kier molecular flexibility index (Phi) is 4.90. The van der Waals surface area contributed by atoms with Crippen molar-refractivity contribution in [3.8, 4) is 0 Å². The quantitative estimate of drug-likeness (QED) is 0.863. The third-order valence-electron chi connectivity index (χ3n) is 3.53. The van der Waals surface area contributed by atoms with E-state index in [1.807, 2.05) is 5.38 Å². The van der Waals surface area contributed by atoms with Crippen molar-refractivity contribution in [3.05, 3.63) is 16.6 Å². The summed E-state index contributed by atoms with van der Waals surface area (Å²) < 4.78 is 0. The zero-order chi connectivity index (χ0) is 13.7. The molecule has 0 saturated heterocycles. The average molecular weight is 282 g/mol. The first-order valence-electron chi connectivity index (χ1n) is 6.54. The van der Waals surface area contributed by atoms with Gasteiger partial charge >= 0.3 is 5.97 Å². The van der Waals surface area contributed by atoms with Crippen molar-refractivity contribution in [3.63, 3.8) is 0 Å². The molecule has 2 N–H and O–H groups in total. The molecular formula is C13H18N2O3S. The van der Waals surface area contributed by atoms with Gasteiger partial charge in [-0.05, 0) is 32.1 Å². The number of thiazole rings is 1. The van der Waals surface area contributed by atoms with Gasteiger partial charge in [0.15, 0.2) is 0 Å². The standard InChI is InChI=1S/C13H18N2O3S/c16-12(6-5-11-7-19-8-14-11)15-10-3-1-9(2-4-10)13(17)18/h7-10H,1-6H2,(H,15,16)(H,17,18). The van der Waals surface area contributed by atoms with Crippen molar-refractivity contribution in [1.82, 2.24) is 10.3 Å². The number of hydrogen-bond donors (Lipinski definition) is 2. The summed E-state index contributed by atoms with van der Waals surface area (Å²) in [7, 11) is 0. The third kappa shape index (κ3) is 4.31. The van der Waals surface area contributed by atoms with E-state index in [1.54, 1.807) is 5.51 Å². The molecule has 1 aliphatic carbocycles. The summed E-state index contributed by atoms with van der Waals surface area (Å²) in [6, 6.07) is 0.138. The number of carboxylic acid groups (broad SMARTS) is 1. The van der Waals surface area contributed by atoms with E-state index in [2.05, 4.69) is 10.3 Å². The van der Waals surface area contributed by atoms with Crippen LogP contribution in [0.1, 0.15) is 37.8 Å². The van der Waals surface area contributed by atoms with Gasteiger partial charge in [0.25, 0.3) is 0 Å². The van der Waals surface area contributed by atoms with E-state index in [0.29, 0.717) is 25.7 Å². The van der Waals surface area contributed by atoms with Crippen molar-refractivity contribution in [1.29, 1.82) is 0 Å². The average Bonchev–Trinajstić information content (AvgIpc) is 2.90. The van der Waals surface area contributed by atoms with E-state index in [1.165, 1.54) is 11.3 Å². The second kappa shape index (κ2) is 6.65. The smallest absolute Gasteiger partial charge is 0.306 e. The molecule has 1 amide bonds. The number of carboxylic acids is 1. The van der Waals surface area contributed by atoms with Crippen LogP contribution in [0.15, 0.2) is 10.9 Å². The van der Waals surface area contributed by atoms with Gasteiger partial charge in [-0.25, -0.2) is 4.98 Å². The van der Waals surface area contributed by atoms with E-state index < -0.39 is 5.97 Å². The Morgan fingerprint density at radius 3 is 2.68 bits per heavy atom. The highest BCUT2D eigenvalue weighted by Crippen LogP contribution is 2.24. The lowest BCUT2D eigenvalue weighted by molar-refractivity contribution is -0.142. The normalized spacial score (nSPS) is 22.9. The van der Waals surface area contributed by atoms with Gasteiger partial charge in [-0.1, -0.05) is 0 Å². The minimum Gasteiger partial charge on any atom is -0.481 e. The summed E-state index contributed by atoms with van der Waals surface area (Å²) in [6.45, 7) is 0. The van der Waals surface area contributed by atoms with Crippen molar-refractivity contribution < 1.29 is 14.7 Å². The lowest BCUT2D eigenvalue weighted by Crippen LogP contribution is -2.38. The van der Waals surface area contributed by atoms with Gasteiger partial charge in [-0.3, -0.25) is 9.59 Å². The Labute approximate surface area is 116 Å². The van der Waals surface area contributed by atoms with Gasteiger partial charge in [-0.15, -0.1) is 11.3 Å². The molecular weight excluding hydrogens is 264 g/mol. The molecule has 1 saturated carbocycles. The van der Waals surface area contributed by atoms with Crippen LogP contribution in [-0.4, -0.2) is 28.0 Å². The van der Waals surface area contributed by atoms with Gasteiger partial charge < -0.3 is 10.4 Å². The number of hydrogen-bond acceptors (Lipinski definition) is 4. The van der Waals surface area contributed by atoms with Crippen molar-refractivity contribution >= 4 is 23.2 Å². The van der Waals surface area contributed by atoms with E-state index in [4.69, 9.17) is 5.11 Å². The van der Waals surface area contributed by atoms with Gasteiger partial charge in [-0.2, -0.15) is 0 Å². The number of rotatable bonds is 5. The first kappa shape index (κ1) is 14.0. The highest BCUT2D eigenvalue weighted by molar-refractivity contribution is 7.07. The lowest BCUT2D eigenvalue weighted by atomic mass is 9.86. The molecule has 0 spiro atoms. The van der Waals surface area contributed by atoms with E-state index in [9.17, 15) is 9.59 Å². The summed E-state index contributed by atoms with van der Waals surface area (Å²) >= 11 is 1.53. The Hall–Kier alpha value is -1.43. The van der Waals surface area contributed by atoms with Gasteiger partial charge in [0.05, 0.1) is 17.1 Å². The summed E-state index contributed by atoms with van der Waals surface area (Å²) in [4.78, 5) is 26.7. The minimum atomic E-state index is -0.715. The zero-order valence-electron chi connectivity index (χ0n) is 10.7. The van der Waals surface area contributed by atoms with Crippen molar-refractivity contribution in [2.24, 2.45) is 5.92 Å². The first-order valence-corrected chi connectivity index (χ1v) is 7.48. The number of aryl methyl sites for hydroxylation is 1. The van der Waals surface area contributed by atoms with E-state index in [-0.39, 0.29) is 17.9 Å². The van der Waals surface area contributed by atoms with Crippen LogP contribution in [0.5, 0.6) is 0 Å². The number of nitrogens with zero attached hydrogens (tertiary/aromatic N) is 1. The molecule has 0 atom stereocenters. The molecule has 0 bridgehead atoms. The number of nitrogens with one attached hydrogen (secondary N) is 1. The molecule has 104 valence electrons. The number of carbonyl (C=O) groups excluding carboxylic acids is 1. The maximum absolute atomic E-state index is 11.8. The fourth-order valence-electron chi connectivity index (χ4n) is 2.39. The molecule has 1 heterocycles. The molecule has 1 aromatic rings. The molecule has 6 heteroatoms. The molecule has 0 aromatic carbocycles. The second-order valence-corrected chi connectivity index (χ2v) is 5.65. The predicted molar refractivity (Wildman–Crippen MR) is 72.0 cm³/mol. The Bertz CT molecular complexity index is 425. The molecule has 0 radical (unpaired) electrons. The number of aromatic nitrogens is 1. The monoisotopic (exact) mass is 282 g/mol. The maximum atomic E-state index is 11.8. The van der Waals surface area contributed by atoms with Crippen LogP contribution in [0, 0.1) is 5.92 Å². The molecule has 19 heavy (non-hydrogen) atoms. The highest BCUT2D eigenvalue weighted by Gasteiger charge is 2.26. The summed E-state index contributed by atoms with van der Waals surface area (Å²) in [5, 5.41) is 13.8. The molecule has 2 rings (SSSR count).